The smallest absolute Gasteiger partial charge is 0.331 e. The number of aromatic amines is 1. The Bertz CT molecular complexity index is 1320. The lowest BCUT2D eigenvalue weighted by molar-refractivity contribution is -0.142. The normalized spacial score (nSPS) is 17.6. The first-order valence-electron chi connectivity index (χ1n) is 10.9. The molecule has 0 saturated carbocycles. The molecule has 7 nitrogen and oxygen atoms in total. The largest absolute Gasteiger partial charge is 0.489 e. The summed E-state index contributed by atoms with van der Waals surface area (Å²) in [6.07, 6.45) is 4.75. The number of aliphatic carboxylic acids is 2. The number of aromatic nitrogens is 2. The Hall–Kier alpha value is -4.13. The van der Waals surface area contributed by atoms with Crippen molar-refractivity contribution >= 4 is 11.9 Å². The Morgan fingerprint density at radius 3 is 2.53 bits per heavy atom. The van der Waals surface area contributed by atoms with Gasteiger partial charge >= 0.3 is 11.9 Å². The highest BCUT2D eigenvalue weighted by Crippen LogP contribution is 2.41. The number of nitrogens with zero attached hydrogens (tertiary/aromatic N) is 1. The van der Waals surface area contributed by atoms with E-state index in [0.717, 1.165) is 27.9 Å². The number of hydrogen-bond acceptors (Lipinski definition) is 4. The third-order valence-electron chi connectivity index (χ3n) is 6.44. The van der Waals surface area contributed by atoms with E-state index < -0.39 is 17.4 Å². The van der Waals surface area contributed by atoms with E-state index in [0.29, 0.717) is 16.9 Å². The van der Waals surface area contributed by atoms with Gasteiger partial charge in [0.15, 0.2) is 0 Å². The average molecular weight is 459 g/mol. The van der Waals surface area contributed by atoms with Gasteiger partial charge in [-0.2, -0.15) is 5.10 Å². The zero-order chi connectivity index (χ0) is 24.5. The molecule has 0 radical (unpaired) electrons. The maximum atomic E-state index is 12.6. The van der Waals surface area contributed by atoms with Gasteiger partial charge in [-0.05, 0) is 72.9 Å². The van der Waals surface area contributed by atoms with Crippen LogP contribution in [0, 0.1) is 13.8 Å². The van der Waals surface area contributed by atoms with Crippen molar-refractivity contribution in [1.82, 2.24) is 10.2 Å². The fraction of sp³-hybridized carbons (Fsp3) is 0.222. The van der Waals surface area contributed by atoms with E-state index in [1.807, 2.05) is 44.2 Å². The Balaban J connectivity index is 1.68. The van der Waals surface area contributed by atoms with E-state index in [1.54, 1.807) is 37.4 Å². The molecule has 1 aromatic heterocycles. The molecule has 2 aromatic carbocycles. The predicted molar refractivity (Wildman–Crippen MR) is 128 cm³/mol. The third kappa shape index (κ3) is 4.12. The van der Waals surface area contributed by atoms with E-state index in [9.17, 15) is 19.8 Å². The molecule has 4 rings (SSSR count). The predicted octanol–water partition coefficient (Wildman–Crippen LogP) is 4.96. The lowest BCUT2D eigenvalue weighted by Gasteiger charge is -2.32. The Morgan fingerprint density at radius 1 is 1.09 bits per heavy atom. The summed E-state index contributed by atoms with van der Waals surface area (Å²) < 4.78 is 6.16. The number of ether oxygens (including phenoxy) is 1. The zero-order valence-electron chi connectivity index (χ0n) is 19.3. The minimum absolute atomic E-state index is 0.100. The van der Waals surface area contributed by atoms with Crippen LogP contribution in [0.1, 0.15) is 35.6 Å². The first kappa shape index (κ1) is 23.0. The summed E-state index contributed by atoms with van der Waals surface area (Å²) in [6.45, 7) is 5.68. The van der Waals surface area contributed by atoms with Gasteiger partial charge in [-0.15, -0.1) is 0 Å². The topological polar surface area (TPSA) is 113 Å². The molecule has 0 fully saturated rings. The van der Waals surface area contributed by atoms with Crippen molar-refractivity contribution < 1.29 is 24.5 Å². The molecule has 0 aliphatic heterocycles. The second-order valence-electron chi connectivity index (χ2n) is 8.59. The van der Waals surface area contributed by atoms with E-state index in [2.05, 4.69) is 10.2 Å². The molecule has 0 amide bonds. The van der Waals surface area contributed by atoms with Crippen molar-refractivity contribution in [2.75, 3.05) is 0 Å². The fourth-order valence-electron chi connectivity index (χ4n) is 4.39. The van der Waals surface area contributed by atoms with Crippen LogP contribution in [-0.2, 0) is 21.6 Å². The number of allylic oxidation sites excluding steroid dienone is 2. The number of hydrogen-bond donors (Lipinski definition) is 3. The second kappa shape index (κ2) is 9.02. The van der Waals surface area contributed by atoms with Gasteiger partial charge in [0.1, 0.15) is 17.8 Å². The molecular weight excluding hydrogens is 432 g/mol. The quantitative estimate of drug-likeness (QED) is 0.461. The van der Waals surface area contributed by atoms with Crippen molar-refractivity contribution in [3.63, 3.8) is 0 Å². The standard InChI is InChI=1S/C27H26N2O5/c1-16-5-4-6-22(27(26(32)33)11-9-17(2)20(14-27)25(30)31)21(16)15-34-24-8-7-19(13-18(24)3)23-10-12-28-29-23/h4-13H,14-15H2,1-3H3,(H,28,29)(H,30,31)(H,32,33). The lowest BCUT2D eigenvalue weighted by atomic mass is 9.69. The van der Waals surface area contributed by atoms with Crippen molar-refractivity contribution in [2.45, 2.75) is 39.2 Å². The van der Waals surface area contributed by atoms with Crippen molar-refractivity contribution in [1.29, 1.82) is 0 Å². The second-order valence-corrected chi connectivity index (χ2v) is 8.59. The van der Waals surface area contributed by atoms with Crippen LogP contribution in [0.5, 0.6) is 5.75 Å². The van der Waals surface area contributed by atoms with Crippen molar-refractivity contribution in [2.24, 2.45) is 0 Å². The number of nitrogens with one attached hydrogen (secondary N) is 1. The molecule has 34 heavy (non-hydrogen) atoms. The molecule has 0 bridgehead atoms. The average Bonchev–Trinajstić information content (AvgIpc) is 3.34. The van der Waals surface area contributed by atoms with Gasteiger partial charge in [0.25, 0.3) is 0 Å². The first-order valence-corrected chi connectivity index (χ1v) is 10.9. The lowest BCUT2D eigenvalue weighted by Crippen LogP contribution is -2.38. The highest BCUT2D eigenvalue weighted by molar-refractivity contribution is 5.94. The van der Waals surface area contributed by atoms with Crippen molar-refractivity contribution in [3.8, 4) is 17.0 Å². The summed E-state index contributed by atoms with van der Waals surface area (Å²) in [5, 5.41) is 26.9. The number of aryl methyl sites for hydroxylation is 2. The van der Waals surface area contributed by atoms with Gasteiger partial charge in [0.2, 0.25) is 0 Å². The number of carbonyl (C=O) groups is 2. The summed E-state index contributed by atoms with van der Waals surface area (Å²) in [6, 6.07) is 13.1. The number of H-pyrrole nitrogens is 1. The monoisotopic (exact) mass is 458 g/mol. The van der Waals surface area contributed by atoms with Crippen LogP contribution >= 0.6 is 0 Å². The third-order valence-corrected chi connectivity index (χ3v) is 6.44. The number of rotatable bonds is 7. The van der Waals surface area contributed by atoms with E-state index >= 15 is 0 Å². The Labute approximate surface area is 197 Å². The summed E-state index contributed by atoms with van der Waals surface area (Å²) in [5.41, 5.74) is 4.13. The highest BCUT2D eigenvalue weighted by Gasteiger charge is 2.43. The summed E-state index contributed by atoms with van der Waals surface area (Å²) in [5.74, 6) is -1.52. The Kier molecular flexibility index (Phi) is 6.11. The van der Waals surface area contributed by atoms with E-state index in [4.69, 9.17) is 4.74 Å². The minimum Gasteiger partial charge on any atom is -0.489 e. The van der Waals surface area contributed by atoms with Crippen LogP contribution in [0.25, 0.3) is 11.3 Å². The van der Waals surface area contributed by atoms with E-state index in [-0.39, 0.29) is 18.6 Å². The summed E-state index contributed by atoms with van der Waals surface area (Å²) in [7, 11) is 0. The molecule has 7 heteroatoms. The maximum absolute atomic E-state index is 12.6. The van der Waals surface area contributed by atoms with E-state index in [1.165, 1.54) is 0 Å². The van der Waals surface area contributed by atoms with Crippen LogP contribution in [0.2, 0.25) is 0 Å². The minimum atomic E-state index is -1.49. The fourth-order valence-corrected chi connectivity index (χ4v) is 4.39. The molecule has 0 saturated heterocycles. The van der Waals surface area contributed by atoms with Gasteiger partial charge in [-0.3, -0.25) is 9.89 Å². The molecule has 174 valence electrons. The van der Waals surface area contributed by atoms with Gasteiger partial charge in [-0.1, -0.05) is 30.4 Å². The van der Waals surface area contributed by atoms with Crippen molar-refractivity contribution in [3.05, 3.63) is 94.2 Å². The Morgan fingerprint density at radius 2 is 1.88 bits per heavy atom. The van der Waals surface area contributed by atoms with Crippen LogP contribution in [0.3, 0.4) is 0 Å². The first-order chi connectivity index (χ1) is 16.2. The highest BCUT2D eigenvalue weighted by atomic mass is 16.5. The molecule has 1 atom stereocenters. The molecule has 1 aliphatic carbocycles. The molecule has 3 aromatic rings. The number of benzene rings is 2. The van der Waals surface area contributed by atoms with Gasteiger partial charge in [0.05, 0.1) is 5.69 Å². The van der Waals surface area contributed by atoms with Gasteiger partial charge in [0, 0.05) is 23.8 Å². The molecule has 1 aliphatic rings. The number of carboxylic acid groups (broad SMARTS) is 2. The van der Waals surface area contributed by atoms with Crippen LogP contribution in [-0.4, -0.2) is 32.3 Å². The SMILES string of the molecule is CC1=C(C(=O)O)CC(C(=O)O)(c2cccc(C)c2COc2ccc(-c3ccn[nH]3)cc2C)C=C1. The molecule has 1 heterocycles. The van der Waals surface area contributed by atoms with Gasteiger partial charge in [-0.25, -0.2) is 4.79 Å². The molecular formula is C27H26N2O5. The molecule has 1 unspecified atom stereocenters. The van der Waals surface area contributed by atoms with Crippen LogP contribution in [0.4, 0.5) is 0 Å². The molecule has 0 spiro atoms. The zero-order valence-corrected chi connectivity index (χ0v) is 19.3. The van der Waals surface area contributed by atoms with Crippen LogP contribution < -0.4 is 4.74 Å². The molecule has 3 N–H and O–H groups in total. The summed E-state index contributed by atoms with van der Waals surface area (Å²) >= 11 is 0. The van der Waals surface area contributed by atoms with Gasteiger partial charge < -0.3 is 14.9 Å². The number of carboxylic acids is 2. The maximum Gasteiger partial charge on any atom is 0.331 e. The van der Waals surface area contributed by atoms with Crippen LogP contribution in [0.15, 0.2) is 72.0 Å². The summed E-state index contributed by atoms with van der Waals surface area (Å²) in [4.78, 5) is 24.4.